The first-order valence-electron chi connectivity index (χ1n) is 4.00. The highest BCUT2D eigenvalue weighted by Crippen LogP contribution is 2.11. The van der Waals surface area contributed by atoms with E-state index in [0.717, 1.165) is 17.6 Å². The summed E-state index contributed by atoms with van der Waals surface area (Å²) in [6.07, 6.45) is 2.30. The molecular weight excluding hydrogens is 204 g/mol. The Labute approximate surface area is 75.7 Å². The van der Waals surface area contributed by atoms with Crippen LogP contribution in [0.5, 0.6) is 0 Å². The smallest absolute Gasteiger partial charge is 0.128 e. The highest BCUT2D eigenvalue weighted by molar-refractivity contribution is 9.10. The molecule has 1 aromatic rings. The van der Waals surface area contributed by atoms with Gasteiger partial charge in [-0.15, -0.1) is 0 Å². The number of aromatic nitrogens is 2. The molecule has 0 bridgehead atoms. The molecule has 0 radical (unpaired) electrons. The molecule has 2 nitrogen and oxygen atoms in total. The van der Waals surface area contributed by atoms with Gasteiger partial charge in [0, 0.05) is 12.2 Å². The van der Waals surface area contributed by atoms with Gasteiger partial charge >= 0.3 is 0 Å². The van der Waals surface area contributed by atoms with Gasteiger partial charge < -0.3 is 0 Å². The number of hydrogen-bond acceptors (Lipinski definition) is 1. The Morgan fingerprint density at radius 1 is 1.55 bits per heavy atom. The average molecular weight is 217 g/mol. The van der Waals surface area contributed by atoms with Gasteiger partial charge in [0.25, 0.3) is 0 Å². The van der Waals surface area contributed by atoms with Gasteiger partial charge in [0.1, 0.15) is 4.60 Å². The van der Waals surface area contributed by atoms with E-state index in [1.54, 1.807) is 0 Å². The molecule has 1 heterocycles. The molecule has 0 unspecified atom stereocenters. The molecule has 0 amide bonds. The van der Waals surface area contributed by atoms with Crippen LogP contribution in [0.15, 0.2) is 10.7 Å². The van der Waals surface area contributed by atoms with Crippen LogP contribution in [0.2, 0.25) is 0 Å². The molecule has 0 N–H and O–H groups in total. The molecule has 0 aliphatic heterocycles. The Bertz CT molecular complexity index is 230. The fraction of sp³-hybridized carbons (Fsp3) is 0.625. The second-order valence-electron chi connectivity index (χ2n) is 2.52. The maximum atomic E-state index is 4.28. The number of aryl methyl sites for hydroxylation is 2. The third-order valence-corrected chi connectivity index (χ3v) is 2.03. The van der Waals surface area contributed by atoms with Gasteiger partial charge in [0.15, 0.2) is 0 Å². The van der Waals surface area contributed by atoms with Crippen LogP contribution in [-0.4, -0.2) is 9.78 Å². The number of rotatable bonds is 3. The van der Waals surface area contributed by atoms with Crippen LogP contribution in [-0.2, 0) is 13.0 Å². The Morgan fingerprint density at radius 2 is 2.27 bits per heavy atom. The molecule has 0 aromatic carbocycles. The average Bonchev–Trinajstić information content (AvgIpc) is 2.32. The molecule has 0 aliphatic rings. The molecular formula is C8H13BrN2. The first-order valence-corrected chi connectivity index (χ1v) is 4.79. The Morgan fingerprint density at radius 3 is 2.82 bits per heavy atom. The van der Waals surface area contributed by atoms with Crippen LogP contribution in [0.3, 0.4) is 0 Å². The molecule has 62 valence electrons. The van der Waals surface area contributed by atoms with E-state index in [-0.39, 0.29) is 0 Å². The lowest BCUT2D eigenvalue weighted by Gasteiger charge is -2.00. The molecule has 1 rings (SSSR count). The van der Waals surface area contributed by atoms with Crippen molar-refractivity contribution in [3.05, 3.63) is 16.4 Å². The minimum atomic E-state index is 0.947. The fourth-order valence-electron chi connectivity index (χ4n) is 1.15. The van der Waals surface area contributed by atoms with Crippen molar-refractivity contribution in [3.8, 4) is 0 Å². The van der Waals surface area contributed by atoms with Crippen LogP contribution in [0.25, 0.3) is 0 Å². The first-order chi connectivity index (χ1) is 5.27. The van der Waals surface area contributed by atoms with Crippen molar-refractivity contribution in [3.63, 3.8) is 0 Å². The van der Waals surface area contributed by atoms with E-state index < -0.39 is 0 Å². The number of halogens is 1. The van der Waals surface area contributed by atoms with Crippen LogP contribution in [0, 0.1) is 0 Å². The van der Waals surface area contributed by atoms with Crippen molar-refractivity contribution in [1.82, 2.24) is 9.78 Å². The van der Waals surface area contributed by atoms with Crippen LogP contribution in [0.1, 0.15) is 26.0 Å². The molecule has 0 spiro atoms. The van der Waals surface area contributed by atoms with Crippen molar-refractivity contribution < 1.29 is 0 Å². The second kappa shape index (κ2) is 3.90. The van der Waals surface area contributed by atoms with Gasteiger partial charge in [-0.2, -0.15) is 5.10 Å². The summed E-state index contributed by atoms with van der Waals surface area (Å²) in [5.74, 6) is 0. The second-order valence-corrected chi connectivity index (χ2v) is 3.34. The Balaban J connectivity index is 2.83. The van der Waals surface area contributed by atoms with Crippen molar-refractivity contribution in [2.75, 3.05) is 0 Å². The minimum Gasteiger partial charge on any atom is -0.269 e. The van der Waals surface area contributed by atoms with Crippen LogP contribution < -0.4 is 0 Å². The lowest BCUT2D eigenvalue weighted by molar-refractivity contribution is 0.613. The molecule has 0 atom stereocenters. The third-order valence-electron chi connectivity index (χ3n) is 1.64. The Hall–Kier alpha value is -0.310. The zero-order valence-electron chi connectivity index (χ0n) is 6.97. The van der Waals surface area contributed by atoms with Crippen molar-refractivity contribution in [2.24, 2.45) is 0 Å². The van der Waals surface area contributed by atoms with E-state index in [0.29, 0.717) is 0 Å². The highest BCUT2D eigenvalue weighted by Gasteiger charge is 2.02. The summed E-state index contributed by atoms with van der Waals surface area (Å²) in [5.41, 5.74) is 1.32. The summed E-state index contributed by atoms with van der Waals surface area (Å²) >= 11 is 3.36. The molecule has 0 saturated heterocycles. The van der Waals surface area contributed by atoms with E-state index in [2.05, 4.69) is 40.9 Å². The zero-order valence-corrected chi connectivity index (χ0v) is 8.56. The third kappa shape index (κ3) is 2.06. The minimum absolute atomic E-state index is 0.947. The van der Waals surface area contributed by atoms with E-state index in [1.807, 2.05) is 4.68 Å². The number of hydrogen-bond donors (Lipinski definition) is 0. The molecule has 1 aromatic heterocycles. The molecule has 0 saturated carbocycles. The topological polar surface area (TPSA) is 17.8 Å². The quantitative estimate of drug-likeness (QED) is 0.760. The number of nitrogens with zero attached hydrogens (tertiary/aromatic N) is 2. The molecule has 0 fully saturated rings. The van der Waals surface area contributed by atoms with E-state index in [1.165, 1.54) is 12.1 Å². The van der Waals surface area contributed by atoms with Gasteiger partial charge in [-0.05, 0) is 35.3 Å². The highest BCUT2D eigenvalue weighted by atomic mass is 79.9. The maximum absolute atomic E-state index is 4.28. The van der Waals surface area contributed by atoms with E-state index in [9.17, 15) is 0 Å². The summed E-state index contributed by atoms with van der Waals surface area (Å²) in [7, 11) is 0. The van der Waals surface area contributed by atoms with Crippen LogP contribution >= 0.6 is 15.9 Å². The zero-order chi connectivity index (χ0) is 8.27. The first kappa shape index (κ1) is 8.78. The van der Waals surface area contributed by atoms with E-state index >= 15 is 0 Å². The van der Waals surface area contributed by atoms with Gasteiger partial charge in [-0.3, -0.25) is 4.68 Å². The summed E-state index contributed by atoms with van der Waals surface area (Å²) in [4.78, 5) is 0. The Kier molecular flexibility index (Phi) is 3.12. The molecule has 11 heavy (non-hydrogen) atoms. The maximum Gasteiger partial charge on any atom is 0.128 e. The van der Waals surface area contributed by atoms with Crippen molar-refractivity contribution in [1.29, 1.82) is 0 Å². The molecule has 0 aliphatic carbocycles. The van der Waals surface area contributed by atoms with Gasteiger partial charge in [-0.1, -0.05) is 13.3 Å². The van der Waals surface area contributed by atoms with E-state index in [4.69, 9.17) is 0 Å². The van der Waals surface area contributed by atoms with Gasteiger partial charge in [0.2, 0.25) is 0 Å². The predicted octanol–water partition coefficient (Wildman–Crippen LogP) is 2.62. The summed E-state index contributed by atoms with van der Waals surface area (Å²) < 4.78 is 2.98. The van der Waals surface area contributed by atoms with Gasteiger partial charge in [-0.25, -0.2) is 0 Å². The summed E-state index contributed by atoms with van der Waals surface area (Å²) in [5, 5.41) is 4.28. The van der Waals surface area contributed by atoms with Gasteiger partial charge in [0.05, 0.1) is 0 Å². The van der Waals surface area contributed by atoms with Crippen molar-refractivity contribution >= 4 is 15.9 Å². The standard InChI is InChI=1S/C8H13BrN2/c1-3-5-7-6-8(9)10-11(7)4-2/h6H,3-5H2,1-2H3. The van der Waals surface area contributed by atoms with Crippen LogP contribution in [0.4, 0.5) is 0 Å². The summed E-state index contributed by atoms with van der Waals surface area (Å²) in [6, 6.07) is 2.09. The fourth-order valence-corrected chi connectivity index (χ4v) is 1.61. The lowest BCUT2D eigenvalue weighted by Crippen LogP contribution is -2.01. The monoisotopic (exact) mass is 216 g/mol. The SMILES string of the molecule is CCCc1cc(Br)nn1CC. The van der Waals surface area contributed by atoms with Crippen molar-refractivity contribution in [2.45, 2.75) is 33.2 Å². The molecule has 3 heteroatoms. The largest absolute Gasteiger partial charge is 0.269 e. The lowest BCUT2D eigenvalue weighted by atomic mass is 10.2. The normalized spacial score (nSPS) is 10.5. The summed E-state index contributed by atoms with van der Waals surface area (Å²) in [6.45, 7) is 5.25. The predicted molar refractivity (Wildman–Crippen MR) is 49.6 cm³/mol.